The monoisotopic (exact) mass is 369 g/mol. The Morgan fingerprint density at radius 2 is 1.67 bits per heavy atom. The summed E-state index contributed by atoms with van der Waals surface area (Å²) in [5.74, 6) is 0.397. The minimum Gasteiger partial charge on any atom is -0.493 e. The van der Waals surface area contributed by atoms with Gasteiger partial charge in [-0.1, -0.05) is 18.2 Å². The van der Waals surface area contributed by atoms with E-state index < -0.39 is 12.1 Å². The van der Waals surface area contributed by atoms with E-state index in [1.165, 1.54) is 4.90 Å². The number of fused-ring (bicyclic) bond motifs is 1. The van der Waals surface area contributed by atoms with E-state index in [9.17, 15) is 14.7 Å². The molecule has 27 heavy (non-hydrogen) atoms. The van der Waals surface area contributed by atoms with Gasteiger partial charge < -0.3 is 14.6 Å². The maximum Gasteiger partial charge on any atom is 0.262 e. The minimum absolute atomic E-state index is 0.226. The van der Waals surface area contributed by atoms with Gasteiger partial charge in [-0.15, -0.1) is 0 Å². The molecule has 2 aromatic carbocycles. The minimum atomic E-state index is -0.697. The number of ether oxygens (including phenoxy) is 2. The van der Waals surface area contributed by atoms with Crippen LogP contribution in [0.25, 0.3) is 0 Å². The number of hydrogen-bond acceptors (Lipinski definition) is 5. The Labute approximate surface area is 158 Å². The summed E-state index contributed by atoms with van der Waals surface area (Å²) in [6.07, 6.45) is -0.472. The molecule has 0 saturated carbocycles. The summed E-state index contributed by atoms with van der Waals surface area (Å²) >= 11 is 0. The second kappa shape index (κ2) is 7.80. The van der Waals surface area contributed by atoms with Gasteiger partial charge in [-0.3, -0.25) is 14.5 Å². The first-order chi connectivity index (χ1) is 13.0. The van der Waals surface area contributed by atoms with Gasteiger partial charge in [-0.2, -0.15) is 0 Å². The number of nitrogens with zero attached hydrogens (tertiary/aromatic N) is 1. The van der Waals surface area contributed by atoms with Crippen LogP contribution in [0.4, 0.5) is 0 Å². The topological polar surface area (TPSA) is 76.1 Å². The zero-order valence-electron chi connectivity index (χ0n) is 15.6. The maximum absolute atomic E-state index is 12.9. The van der Waals surface area contributed by atoms with Crippen LogP contribution in [0.15, 0.2) is 42.5 Å². The van der Waals surface area contributed by atoms with E-state index in [0.29, 0.717) is 34.8 Å². The third-order valence-electron chi connectivity index (χ3n) is 4.57. The van der Waals surface area contributed by atoms with Gasteiger partial charge in [0.25, 0.3) is 11.8 Å². The standard InChI is InChI=1S/C21H23NO5/c1-4-27-19-12-14(9-10-18(19)26-3)17(11-13(2)23)22-20(24)15-7-5-6-8-16(15)21(22)25/h5-10,12-13,17,23H,4,11H2,1-3H3/t13?,17-/m1/s1. The largest absolute Gasteiger partial charge is 0.493 e. The fourth-order valence-corrected chi connectivity index (χ4v) is 3.37. The molecule has 6 heteroatoms. The lowest BCUT2D eigenvalue weighted by molar-refractivity contribution is 0.0523. The quantitative estimate of drug-likeness (QED) is 0.759. The van der Waals surface area contributed by atoms with Crippen LogP contribution >= 0.6 is 0 Å². The predicted molar refractivity (Wildman–Crippen MR) is 100 cm³/mol. The molecule has 2 aromatic rings. The molecule has 2 atom stereocenters. The average molecular weight is 369 g/mol. The highest BCUT2D eigenvalue weighted by Crippen LogP contribution is 2.37. The number of imide groups is 1. The summed E-state index contributed by atoms with van der Waals surface area (Å²) in [6.45, 7) is 3.95. The van der Waals surface area contributed by atoms with Gasteiger partial charge in [0.05, 0.1) is 37.0 Å². The highest BCUT2D eigenvalue weighted by atomic mass is 16.5. The first kappa shape index (κ1) is 18.9. The Bertz CT molecular complexity index is 826. The van der Waals surface area contributed by atoms with Crippen molar-refractivity contribution in [3.63, 3.8) is 0 Å². The molecule has 2 amide bonds. The van der Waals surface area contributed by atoms with E-state index in [1.807, 2.05) is 6.92 Å². The van der Waals surface area contributed by atoms with Crippen LogP contribution in [0.2, 0.25) is 0 Å². The molecule has 1 aliphatic heterocycles. The molecule has 1 heterocycles. The van der Waals surface area contributed by atoms with Crippen LogP contribution < -0.4 is 9.47 Å². The number of carbonyl (C=O) groups is 2. The van der Waals surface area contributed by atoms with E-state index >= 15 is 0 Å². The normalized spacial score (nSPS) is 15.5. The lowest BCUT2D eigenvalue weighted by Crippen LogP contribution is -2.35. The van der Waals surface area contributed by atoms with Crippen molar-refractivity contribution >= 4 is 11.8 Å². The molecule has 0 aromatic heterocycles. The second-order valence-corrected chi connectivity index (χ2v) is 6.47. The zero-order chi connectivity index (χ0) is 19.6. The third-order valence-corrected chi connectivity index (χ3v) is 4.57. The predicted octanol–water partition coefficient (Wildman–Crippen LogP) is 3.20. The lowest BCUT2D eigenvalue weighted by Gasteiger charge is -2.28. The summed E-state index contributed by atoms with van der Waals surface area (Å²) < 4.78 is 10.9. The molecule has 1 N–H and O–H groups in total. The van der Waals surface area contributed by atoms with E-state index in [2.05, 4.69) is 0 Å². The Morgan fingerprint density at radius 3 is 2.19 bits per heavy atom. The molecule has 1 aliphatic rings. The van der Waals surface area contributed by atoms with Crippen LogP contribution in [0.5, 0.6) is 11.5 Å². The number of aliphatic hydroxyl groups excluding tert-OH is 1. The van der Waals surface area contributed by atoms with Gasteiger partial charge >= 0.3 is 0 Å². The number of amides is 2. The number of carbonyl (C=O) groups excluding carboxylic acids is 2. The molecule has 0 spiro atoms. The molecule has 1 unspecified atom stereocenters. The number of aliphatic hydroxyl groups is 1. The van der Waals surface area contributed by atoms with Crippen molar-refractivity contribution in [1.82, 2.24) is 4.90 Å². The van der Waals surface area contributed by atoms with Crippen LogP contribution in [0.1, 0.15) is 52.6 Å². The molecule has 0 fully saturated rings. The molecule has 0 radical (unpaired) electrons. The van der Waals surface area contributed by atoms with Gasteiger partial charge in [0.1, 0.15) is 0 Å². The van der Waals surface area contributed by atoms with Gasteiger partial charge in [-0.05, 0) is 50.1 Å². The van der Waals surface area contributed by atoms with Crippen molar-refractivity contribution in [3.8, 4) is 11.5 Å². The van der Waals surface area contributed by atoms with E-state index in [-0.39, 0.29) is 18.2 Å². The van der Waals surface area contributed by atoms with Crippen molar-refractivity contribution in [2.24, 2.45) is 0 Å². The average Bonchev–Trinajstić information content (AvgIpc) is 2.91. The Hall–Kier alpha value is -2.86. The first-order valence-corrected chi connectivity index (χ1v) is 8.93. The molecule has 6 nitrogen and oxygen atoms in total. The van der Waals surface area contributed by atoms with E-state index in [1.54, 1.807) is 56.5 Å². The highest BCUT2D eigenvalue weighted by Gasteiger charge is 2.40. The highest BCUT2D eigenvalue weighted by molar-refractivity contribution is 6.21. The SMILES string of the molecule is CCOc1cc([C@@H](CC(C)O)N2C(=O)c3ccccc3C2=O)ccc1OC. The zero-order valence-corrected chi connectivity index (χ0v) is 15.6. The lowest BCUT2D eigenvalue weighted by atomic mass is 9.98. The van der Waals surface area contributed by atoms with Crippen molar-refractivity contribution in [2.75, 3.05) is 13.7 Å². The summed E-state index contributed by atoms with van der Waals surface area (Å²) in [5, 5.41) is 10.0. The van der Waals surface area contributed by atoms with Crippen molar-refractivity contribution in [3.05, 3.63) is 59.2 Å². The summed E-state index contributed by atoms with van der Waals surface area (Å²) in [5.41, 5.74) is 1.47. The van der Waals surface area contributed by atoms with Gasteiger partial charge in [0.15, 0.2) is 11.5 Å². The van der Waals surface area contributed by atoms with Crippen molar-refractivity contribution in [2.45, 2.75) is 32.4 Å². The molecular formula is C21H23NO5. The smallest absolute Gasteiger partial charge is 0.262 e. The maximum atomic E-state index is 12.9. The van der Waals surface area contributed by atoms with Crippen LogP contribution in [-0.2, 0) is 0 Å². The number of methoxy groups -OCH3 is 1. The van der Waals surface area contributed by atoms with Gasteiger partial charge in [0.2, 0.25) is 0 Å². The Morgan fingerprint density at radius 1 is 1.04 bits per heavy atom. The second-order valence-electron chi connectivity index (χ2n) is 6.47. The van der Waals surface area contributed by atoms with E-state index in [4.69, 9.17) is 9.47 Å². The Balaban J connectivity index is 2.05. The number of benzene rings is 2. The fourth-order valence-electron chi connectivity index (χ4n) is 3.37. The van der Waals surface area contributed by atoms with Gasteiger partial charge in [0, 0.05) is 0 Å². The fraction of sp³-hybridized carbons (Fsp3) is 0.333. The third kappa shape index (κ3) is 3.53. The summed E-state index contributed by atoms with van der Waals surface area (Å²) in [6, 6.07) is 11.4. The van der Waals surface area contributed by atoms with E-state index in [0.717, 1.165) is 0 Å². The molecule has 142 valence electrons. The van der Waals surface area contributed by atoms with Crippen molar-refractivity contribution < 1.29 is 24.2 Å². The Kier molecular flexibility index (Phi) is 5.46. The van der Waals surface area contributed by atoms with Crippen LogP contribution in [-0.4, -0.2) is 41.6 Å². The summed E-state index contributed by atoms with van der Waals surface area (Å²) in [7, 11) is 1.55. The van der Waals surface area contributed by atoms with Crippen LogP contribution in [0, 0.1) is 0 Å². The van der Waals surface area contributed by atoms with Crippen LogP contribution in [0.3, 0.4) is 0 Å². The molecule has 3 rings (SSSR count). The van der Waals surface area contributed by atoms with Gasteiger partial charge in [-0.25, -0.2) is 0 Å². The molecular weight excluding hydrogens is 346 g/mol. The first-order valence-electron chi connectivity index (χ1n) is 8.93. The summed E-state index contributed by atoms with van der Waals surface area (Å²) in [4.78, 5) is 27.0. The molecule has 0 saturated heterocycles. The number of rotatable bonds is 7. The molecule has 0 aliphatic carbocycles. The van der Waals surface area contributed by atoms with Crippen molar-refractivity contribution in [1.29, 1.82) is 0 Å². The molecule has 0 bridgehead atoms. The number of hydrogen-bond donors (Lipinski definition) is 1.